The lowest BCUT2D eigenvalue weighted by Crippen LogP contribution is -2.17. The highest BCUT2D eigenvalue weighted by Gasteiger charge is 2.31. The van der Waals surface area contributed by atoms with Crippen LogP contribution in [0.3, 0.4) is 0 Å². The van der Waals surface area contributed by atoms with Gasteiger partial charge >= 0.3 is 6.36 Å². The molecular formula is C21H15F4N5O2. The minimum Gasteiger partial charge on any atom is -0.406 e. The number of aliphatic hydroxyl groups is 1. The lowest BCUT2D eigenvalue weighted by molar-refractivity contribution is -0.274. The second-order valence-electron chi connectivity index (χ2n) is 6.38. The number of halogens is 4. The van der Waals surface area contributed by atoms with Crippen LogP contribution in [0.5, 0.6) is 5.75 Å². The Hall–Kier alpha value is -4.17. The first-order chi connectivity index (χ1) is 15.1. The van der Waals surface area contributed by atoms with Gasteiger partial charge in [0.1, 0.15) is 11.9 Å². The first kappa shape index (κ1) is 22.5. The van der Waals surface area contributed by atoms with Crippen LogP contribution in [0.1, 0.15) is 11.7 Å². The monoisotopic (exact) mass is 445 g/mol. The van der Waals surface area contributed by atoms with Crippen LogP contribution >= 0.6 is 0 Å². The van der Waals surface area contributed by atoms with Gasteiger partial charge in [-0.2, -0.15) is 10.2 Å². The van der Waals surface area contributed by atoms with Crippen molar-refractivity contribution in [1.82, 2.24) is 9.97 Å². The second kappa shape index (κ2) is 9.32. The van der Waals surface area contributed by atoms with Crippen molar-refractivity contribution in [1.29, 1.82) is 5.26 Å². The van der Waals surface area contributed by atoms with Crippen molar-refractivity contribution in [3.63, 3.8) is 0 Å². The Balaban J connectivity index is 1.75. The SMILES string of the molecule is C=C(C#N)C(O)c1ccc(Nc2nc(Nc3cccc(OC(F)(F)F)c3)ncc2F)cc1. The van der Waals surface area contributed by atoms with Gasteiger partial charge in [-0.25, -0.2) is 9.37 Å². The highest BCUT2D eigenvalue weighted by molar-refractivity contribution is 5.61. The number of hydrogen-bond acceptors (Lipinski definition) is 7. The maximum Gasteiger partial charge on any atom is 0.573 e. The van der Waals surface area contributed by atoms with Crippen LogP contribution in [-0.4, -0.2) is 21.4 Å². The van der Waals surface area contributed by atoms with Crippen molar-refractivity contribution in [2.75, 3.05) is 10.6 Å². The van der Waals surface area contributed by atoms with Crippen LogP contribution in [0.2, 0.25) is 0 Å². The Kier molecular flexibility index (Phi) is 6.56. The Labute approximate surface area is 179 Å². The number of ether oxygens (including phenoxy) is 1. The van der Waals surface area contributed by atoms with E-state index in [4.69, 9.17) is 5.26 Å². The number of aliphatic hydroxyl groups excluding tert-OH is 1. The number of alkyl halides is 3. The molecule has 0 spiro atoms. The fourth-order valence-electron chi connectivity index (χ4n) is 2.56. The van der Waals surface area contributed by atoms with Crippen molar-refractivity contribution in [3.05, 3.63) is 78.3 Å². The van der Waals surface area contributed by atoms with Crippen LogP contribution in [-0.2, 0) is 0 Å². The number of aromatic nitrogens is 2. The normalized spacial score (nSPS) is 11.9. The Morgan fingerprint density at radius 1 is 1.12 bits per heavy atom. The van der Waals surface area contributed by atoms with Gasteiger partial charge in [-0.05, 0) is 29.8 Å². The molecule has 7 nitrogen and oxygen atoms in total. The molecule has 3 rings (SSSR count). The van der Waals surface area contributed by atoms with Crippen molar-refractivity contribution in [3.8, 4) is 11.8 Å². The van der Waals surface area contributed by atoms with E-state index in [1.165, 1.54) is 36.4 Å². The number of hydrogen-bond donors (Lipinski definition) is 3. The van der Waals surface area contributed by atoms with Crippen LogP contribution in [0.25, 0.3) is 0 Å². The van der Waals surface area contributed by atoms with Crippen LogP contribution in [0.15, 0.2) is 66.9 Å². The summed E-state index contributed by atoms with van der Waals surface area (Å²) in [5, 5.41) is 24.2. The summed E-state index contributed by atoms with van der Waals surface area (Å²) in [5.41, 5.74) is 1.02. The van der Waals surface area contributed by atoms with E-state index < -0.39 is 24.0 Å². The minimum atomic E-state index is -4.84. The zero-order valence-electron chi connectivity index (χ0n) is 16.2. The summed E-state index contributed by atoms with van der Waals surface area (Å²) in [6.45, 7) is 3.45. The van der Waals surface area contributed by atoms with Gasteiger partial charge in [0.15, 0.2) is 11.6 Å². The van der Waals surface area contributed by atoms with Gasteiger partial charge in [-0.1, -0.05) is 24.8 Å². The predicted molar refractivity (Wildman–Crippen MR) is 108 cm³/mol. The quantitative estimate of drug-likeness (QED) is 0.343. The van der Waals surface area contributed by atoms with E-state index >= 15 is 0 Å². The minimum absolute atomic E-state index is 0.0204. The standard InChI is InChI=1S/C21H15F4N5O2/c1-12(10-26)18(31)13-5-7-14(8-6-13)28-19-17(22)11-27-20(30-19)29-15-3-2-4-16(9-15)32-21(23,24)25/h2-9,11,18,31H,1H2,(H2,27,28,29,30). The molecule has 1 unspecified atom stereocenters. The van der Waals surface area contributed by atoms with Gasteiger partial charge < -0.3 is 20.5 Å². The lowest BCUT2D eigenvalue weighted by Gasteiger charge is -2.12. The number of nitriles is 1. The molecule has 3 aromatic rings. The first-order valence-electron chi connectivity index (χ1n) is 8.94. The smallest absolute Gasteiger partial charge is 0.406 e. The van der Waals surface area contributed by atoms with Gasteiger partial charge in [0.25, 0.3) is 0 Å². The van der Waals surface area contributed by atoms with Gasteiger partial charge in [0, 0.05) is 17.4 Å². The lowest BCUT2D eigenvalue weighted by atomic mass is 10.0. The van der Waals surface area contributed by atoms with Gasteiger partial charge in [-0.15, -0.1) is 13.2 Å². The molecule has 0 fully saturated rings. The molecule has 0 aliphatic carbocycles. The summed E-state index contributed by atoms with van der Waals surface area (Å²) in [6.07, 6.45) is -5.10. The number of anilines is 4. The van der Waals surface area contributed by atoms with Gasteiger partial charge in [0.05, 0.1) is 17.8 Å². The average Bonchev–Trinajstić information content (AvgIpc) is 2.74. The molecule has 3 N–H and O–H groups in total. The fourth-order valence-corrected chi connectivity index (χ4v) is 2.56. The van der Waals surface area contributed by atoms with Gasteiger partial charge in [0.2, 0.25) is 5.95 Å². The zero-order valence-corrected chi connectivity index (χ0v) is 16.2. The molecule has 0 bridgehead atoms. The molecule has 1 aromatic heterocycles. The molecule has 0 aliphatic rings. The first-order valence-corrected chi connectivity index (χ1v) is 8.94. The van der Waals surface area contributed by atoms with E-state index in [1.807, 2.05) is 0 Å². The molecule has 0 radical (unpaired) electrons. The summed E-state index contributed by atoms with van der Waals surface area (Å²) < 4.78 is 55.2. The third-order valence-corrected chi connectivity index (χ3v) is 4.03. The third-order valence-electron chi connectivity index (χ3n) is 4.03. The van der Waals surface area contributed by atoms with Crippen molar-refractivity contribution < 1.29 is 27.4 Å². The highest BCUT2D eigenvalue weighted by Crippen LogP contribution is 2.27. The van der Waals surface area contributed by atoms with E-state index in [0.717, 1.165) is 18.3 Å². The zero-order chi connectivity index (χ0) is 23.3. The summed E-state index contributed by atoms with van der Waals surface area (Å²) in [5.74, 6) is -1.48. The molecule has 0 amide bonds. The van der Waals surface area contributed by atoms with Crippen LogP contribution in [0, 0.1) is 17.1 Å². The average molecular weight is 445 g/mol. The summed E-state index contributed by atoms with van der Waals surface area (Å²) in [6, 6.07) is 12.9. The van der Waals surface area contributed by atoms with Crippen LogP contribution in [0.4, 0.5) is 40.7 Å². The Morgan fingerprint density at radius 3 is 2.50 bits per heavy atom. The molecular weight excluding hydrogens is 430 g/mol. The van der Waals surface area contributed by atoms with Crippen LogP contribution < -0.4 is 15.4 Å². The predicted octanol–water partition coefficient (Wildman–Crippen LogP) is 5.11. The summed E-state index contributed by atoms with van der Waals surface area (Å²) >= 11 is 0. The van der Waals surface area contributed by atoms with E-state index in [0.29, 0.717) is 11.3 Å². The fraction of sp³-hybridized carbons (Fsp3) is 0.0952. The molecule has 0 saturated heterocycles. The largest absolute Gasteiger partial charge is 0.573 e. The number of benzene rings is 2. The second-order valence-corrected chi connectivity index (χ2v) is 6.38. The molecule has 1 atom stereocenters. The maximum atomic E-state index is 14.2. The molecule has 0 aliphatic heterocycles. The van der Waals surface area contributed by atoms with Crippen molar-refractivity contribution >= 4 is 23.1 Å². The molecule has 1 heterocycles. The maximum absolute atomic E-state index is 14.2. The third kappa shape index (κ3) is 5.93. The number of nitrogens with zero attached hydrogens (tertiary/aromatic N) is 3. The molecule has 32 heavy (non-hydrogen) atoms. The van der Waals surface area contributed by atoms with Crippen molar-refractivity contribution in [2.45, 2.75) is 12.5 Å². The number of nitrogens with one attached hydrogen (secondary N) is 2. The van der Waals surface area contributed by atoms with Crippen molar-refractivity contribution in [2.24, 2.45) is 0 Å². The van der Waals surface area contributed by atoms with E-state index in [-0.39, 0.29) is 23.0 Å². The number of rotatable bonds is 7. The van der Waals surface area contributed by atoms with E-state index in [2.05, 4.69) is 31.9 Å². The molecule has 0 saturated carbocycles. The topological polar surface area (TPSA) is 103 Å². The Morgan fingerprint density at radius 2 is 1.84 bits per heavy atom. The molecule has 2 aromatic carbocycles. The molecule has 11 heteroatoms. The van der Waals surface area contributed by atoms with E-state index in [1.54, 1.807) is 6.07 Å². The molecule has 164 valence electrons. The van der Waals surface area contributed by atoms with E-state index in [9.17, 15) is 22.7 Å². The Bertz CT molecular complexity index is 1160. The summed E-state index contributed by atoms with van der Waals surface area (Å²) in [7, 11) is 0. The highest BCUT2D eigenvalue weighted by atomic mass is 19.4. The van der Waals surface area contributed by atoms with Gasteiger partial charge in [-0.3, -0.25) is 0 Å². The summed E-state index contributed by atoms with van der Waals surface area (Å²) in [4.78, 5) is 7.76.